The molecule has 0 spiro atoms. The van der Waals surface area contributed by atoms with Crippen LogP contribution in [0.2, 0.25) is 5.02 Å². The average molecular weight is 285 g/mol. The minimum absolute atomic E-state index is 0.754. The highest BCUT2D eigenvalue weighted by atomic mass is 35.5. The SMILES string of the molecule is SSc1ccc(Cl)cc1Sc1ccccc1. The molecule has 0 aliphatic heterocycles. The molecular weight excluding hydrogens is 276 g/mol. The second kappa shape index (κ2) is 5.92. The van der Waals surface area contributed by atoms with Gasteiger partial charge in [-0.25, -0.2) is 0 Å². The zero-order valence-electron chi connectivity index (χ0n) is 8.26. The van der Waals surface area contributed by atoms with Crippen molar-refractivity contribution in [2.75, 3.05) is 0 Å². The number of hydrogen-bond acceptors (Lipinski definition) is 3. The van der Waals surface area contributed by atoms with Crippen LogP contribution in [0, 0.1) is 0 Å². The zero-order chi connectivity index (χ0) is 11.4. The number of benzene rings is 2. The quantitative estimate of drug-likeness (QED) is 0.590. The summed E-state index contributed by atoms with van der Waals surface area (Å²) in [5, 5.41) is 0.754. The van der Waals surface area contributed by atoms with Gasteiger partial charge in [0.25, 0.3) is 0 Å². The fraction of sp³-hybridized carbons (Fsp3) is 0. The minimum Gasteiger partial charge on any atom is -0.106 e. The molecule has 0 N–H and O–H groups in total. The first-order valence-electron chi connectivity index (χ1n) is 4.63. The maximum absolute atomic E-state index is 5.99. The number of hydrogen-bond donors (Lipinski definition) is 1. The van der Waals surface area contributed by atoms with Crippen molar-refractivity contribution in [3.05, 3.63) is 53.6 Å². The lowest BCUT2D eigenvalue weighted by Crippen LogP contribution is -1.77. The highest BCUT2D eigenvalue weighted by Gasteiger charge is 2.04. The van der Waals surface area contributed by atoms with Crippen LogP contribution in [0.1, 0.15) is 0 Å². The highest BCUT2D eigenvalue weighted by molar-refractivity contribution is 8.68. The summed E-state index contributed by atoms with van der Waals surface area (Å²) in [5.74, 6) is 0. The van der Waals surface area contributed by atoms with E-state index in [1.165, 1.54) is 15.7 Å². The van der Waals surface area contributed by atoms with Crippen LogP contribution in [0.15, 0.2) is 63.2 Å². The summed E-state index contributed by atoms with van der Waals surface area (Å²) in [6.45, 7) is 0. The normalized spacial score (nSPS) is 10.4. The van der Waals surface area contributed by atoms with E-state index in [0.29, 0.717) is 0 Å². The fourth-order valence-corrected chi connectivity index (χ4v) is 3.58. The van der Waals surface area contributed by atoms with Crippen LogP contribution in [0.3, 0.4) is 0 Å². The van der Waals surface area contributed by atoms with E-state index in [4.69, 9.17) is 11.6 Å². The van der Waals surface area contributed by atoms with Gasteiger partial charge < -0.3 is 0 Å². The van der Waals surface area contributed by atoms with E-state index in [-0.39, 0.29) is 0 Å². The van der Waals surface area contributed by atoms with Gasteiger partial charge in [-0.15, -0.1) is 11.7 Å². The van der Waals surface area contributed by atoms with Crippen molar-refractivity contribution < 1.29 is 0 Å². The van der Waals surface area contributed by atoms with Crippen LogP contribution in [0.4, 0.5) is 0 Å². The van der Waals surface area contributed by atoms with Crippen molar-refractivity contribution in [2.24, 2.45) is 0 Å². The van der Waals surface area contributed by atoms with Crippen LogP contribution in [-0.2, 0) is 0 Å². The van der Waals surface area contributed by atoms with E-state index in [2.05, 4.69) is 23.8 Å². The highest BCUT2D eigenvalue weighted by Crippen LogP contribution is 2.38. The average Bonchev–Trinajstić information content (AvgIpc) is 2.31. The maximum atomic E-state index is 5.99. The standard InChI is InChI=1S/C12H9ClS3/c13-9-6-7-11(16-14)12(8-9)15-10-4-2-1-3-5-10/h1-8,14H. The first-order valence-corrected chi connectivity index (χ1v) is 7.70. The maximum Gasteiger partial charge on any atom is 0.0418 e. The third-order valence-corrected chi connectivity index (χ3v) is 4.55. The summed E-state index contributed by atoms with van der Waals surface area (Å²) in [6.07, 6.45) is 0. The Balaban J connectivity index is 2.30. The van der Waals surface area contributed by atoms with Gasteiger partial charge in [0.15, 0.2) is 0 Å². The fourth-order valence-electron chi connectivity index (χ4n) is 1.25. The molecule has 2 aromatic rings. The molecule has 0 heterocycles. The van der Waals surface area contributed by atoms with Gasteiger partial charge in [-0.1, -0.05) is 52.4 Å². The molecule has 0 nitrogen and oxygen atoms in total. The molecule has 0 saturated carbocycles. The van der Waals surface area contributed by atoms with Gasteiger partial charge in [0.05, 0.1) is 0 Å². The van der Waals surface area contributed by atoms with E-state index in [1.807, 2.05) is 36.4 Å². The van der Waals surface area contributed by atoms with Crippen molar-refractivity contribution in [1.82, 2.24) is 0 Å². The Bertz CT molecular complexity index is 471. The van der Waals surface area contributed by atoms with Crippen LogP contribution >= 0.6 is 45.8 Å². The largest absolute Gasteiger partial charge is 0.106 e. The molecule has 82 valence electrons. The van der Waals surface area contributed by atoms with E-state index < -0.39 is 0 Å². The summed E-state index contributed by atoms with van der Waals surface area (Å²) in [5.41, 5.74) is 0. The first-order chi connectivity index (χ1) is 7.79. The van der Waals surface area contributed by atoms with Crippen LogP contribution in [0.5, 0.6) is 0 Å². The molecule has 16 heavy (non-hydrogen) atoms. The monoisotopic (exact) mass is 284 g/mol. The predicted octanol–water partition coefficient (Wildman–Crippen LogP) is 5.43. The van der Waals surface area contributed by atoms with Crippen LogP contribution < -0.4 is 0 Å². The van der Waals surface area contributed by atoms with Gasteiger partial charge >= 0.3 is 0 Å². The molecule has 0 aliphatic rings. The number of halogens is 1. The molecule has 0 radical (unpaired) electrons. The first kappa shape index (κ1) is 12.2. The third kappa shape index (κ3) is 3.14. The van der Waals surface area contributed by atoms with Gasteiger partial charge in [0, 0.05) is 19.7 Å². The molecule has 0 saturated heterocycles. The topological polar surface area (TPSA) is 0 Å². The lowest BCUT2D eigenvalue weighted by atomic mass is 10.4. The minimum atomic E-state index is 0.754. The molecule has 0 aliphatic carbocycles. The Kier molecular flexibility index (Phi) is 4.53. The summed E-state index contributed by atoms with van der Waals surface area (Å²) < 4.78 is 0. The molecule has 0 atom stereocenters. The van der Waals surface area contributed by atoms with E-state index in [0.717, 1.165) is 14.8 Å². The molecule has 0 fully saturated rings. The summed E-state index contributed by atoms with van der Waals surface area (Å²) in [6, 6.07) is 16.1. The van der Waals surface area contributed by atoms with Crippen molar-refractivity contribution in [2.45, 2.75) is 14.7 Å². The molecule has 2 aromatic carbocycles. The Morgan fingerprint density at radius 1 is 0.938 bits per heavy atom. The summed E-state index contributed by atoms with van der Waals surface area (Å²) in [4.78, 5) is 3.47. The molecule has 4 heteroatoms. The van der Waals surface area contributed by atoms with Gasteiger partial charge in [-0.05, 0) is 30.3 Å². The zero-order valence-corrected chi connectivity index (χ0v) is 11.5. The lowest BCUT2D eigenvalue weighted by molar-refractivity contribution is 1.25. The van der Waals surface area contributed by atoms with Gasteiger partial charge in [0.1, 0.15) is 0 Å². The third-order valence-electron chi connectivity index (χ3n) is 1.98. The molecule has 0 bridgehead atoms. The van der Waals surface area contributed by atoms with Crippen LogP contribution in [0.25, 0.3) is 0 Å². The molecular formula is C12H9ClS3. The van der Waals surface area contributed by atoms with Crippen molar-refractivity contribution in [3.8, 4) is 0 Å². The Hall–Kier alpha value is -0.220. The van der Waals surface area contributed by atoms with Gasteiger partial charge in [-0.3, -0.25) is 0 Å². The van der Waals surface area contributed by atoms with Crippen molar-refractivity contribution >= 4 is 45.8 Å². The van der Waals surface area contributed by atoms with E-state index in [9.17, 15) is 0 Å². The predicted molar refractivity (Wildman–Crippen MR) is 76.9 cm³/mol. The van der Waals surface area contributed by atoms with Gasteiger partial charge in [-0.2, -0.15) is 0 Å². The van der Waals surface area contributed by atoms with E-state index in [1.54, 1.807) is 11.8 Å². The Labute approximate surface area is 114 Å². The second-order valence-electron chi connectivity index (χ2n) is 3.10. The van der Waals surface area contributed by atoms with E-state index >= 15 is 0 Å². The molecule has 0 aromatic heterocycles. The number of thiol groups is 1. The number of rotatable bonds is 3. The Morgan fingerprint density at radius 2 is 1.69 bits per heavy atom. The van der Waals surface area contributed by atoms with Crippen molar-refractivity contribution in [3.63, 3.8) is 0 Å². The van der Waals surface area contributed by atoms with Gasteiger partial charge in [0.2, 0.25) is 0 Å². The van der Waals surface area contributed by atoms with Crippen LogP contribution in [-0.4, -0.2) is 0 Å². The Morgan fingerprint density at radius 3 is 2.38 bits per heavy atom. The summed E-state index contributed by atoms with van der Waals surface area (Å²) in [7, 11) is 1.44. The smallest absolute Gasteiger partial charge is 0.0418 e. The molecule has 2 rings (SSSR count). The molecule has 0 unspecified atom stereocenters. The molecule has 0 amide bonds. The van der Waals surface area contributed by atoms with Crippen molar-refractivity contribution in [1.29, 1.82) is 0 Å². The second-order valence-corrected chi connectivity index (χ2v) is 5.82. The summed E-state index contributed by atoms with van der Waals surface area (Å²) >= 11 is 11.9. The lowest BCUT2D eigenvalue weighted by Gasteiger charge is -2.06.